The van der Waals surface area contributed by atoms with Gasteiger partial charge in [0.15, 0.2) is 0 Å². The van der Waals surface area contributed by atoms with Crippen molar-refractivity contribution in [2.45, 2.75) is 89.0 Å². The maximum atomic E-state index is 12.4. The summed E-state index contributed by atoms with van der Waals surface area (Å²) < 4.78 is 5.08. The molecule has 0 fully saturated rings. The number of methoxy groups -OCH3 is 1. The zero-order chi connectivity index (χ0) is 20.5. The summed E-state index contributed by atoms with van der Waals surface area (Å²) >= 11 is 0. The van der Waals surface area contributed by atoms with Gasteiger partial charge in [-0.1, -0.05) is 76.2 Å². The summed E-state index contributed by atoms with van der Waals surface area (Å²) in [5.74, 6) is -0.377. The molecule has 0 N–H and O–H groups in total. The molecule has 0 bridgehead atoms. The highest BCUT2D eigenvalue weighted by Crippen LogP contribution is 2.57. The summed E-state index contributed by atoms with van der Waals surface area (Å²) in [5.41, 5.74) is -1.13. The van der Waals surface area contributed by atoms with Gasteiger partial charge in [-0.05, 0) is 34.5 Å². The van der Waals surface area contributed by atoms with Crippen molar-refractivity contribution in [1.82, 2.24) is 0 Å². The Bertz CT molecular complexity index is 474. The maximum Gasteiger partial charge on any atom is 0.309 e. The monoisotopic (exact) mass is 354 g/mol. The number of hydrogen-bond donors (Lipinski definition) is 0. The van der Waals surface area contributed by atoms with E-state index in [9.17, 15) is 9.59 Å². The predicted molar refractivity (Wildman–Crippen MR) is 105 cm³/mol. The molecule has 0 saturated carbocycles. The molecule has 3 heteroatoms. The van der Waals surface area contributed by atoms with Crippen LogP contribution in [0.1, 0.15) is 89.0 Å². The van der Waals surface area contributed by atoms with Crippen LogP contribution in [-0.4, -0.2) is 19.4 Å². The number of ether oxygens (including phenoxy) is 1. The van der Waals surface area contributed by atoms with Crippen LogP contribution in [0.2, 0.25) is 0 Å². The quantitative estimate of drug-likeness (QED) is 0.422. The molecule has 0 aromatic rings. The number of esters is 1. The molecule has 0 heterocycles. The molecule has 2 unspecified atom stereocenters. The third-order valence-electron chi connectivity index (χ3n) is 6.52. The summed E-state index contributed by atoms with van der Waals surface area (Å²) in [4.78, 5) is 24.6. The van der Waals surface area contributed by atoms with Gasteiger partial charge in [0.05, 0.1) is 13.0 Å². The second-order valence-electron chi connectivity index (χ2n) is 11.4. The van der Waals surface area contributed by atoms with E-state index in [4.69, 9.17) is 4.74 Å². The Morgan fingerprint density at radius 1 is 0.920 bits per heavy atom. The average Bonchev–Trinajstić information content (AvgIpc) is 2.40. The smallest absolute Gasteiger partial charge is 0.309 e. The first-order valence-electron chi connectivity index (χ1n) is 9.39. The Kier molecular flexibility index (Phi) is 7.15. The fourth-order valence-electron chi connectivity index (χ4n) is 3.94. The third-order valence-corrected chi connectivity index (χ3v) is 6.52. The molecule has 25 heavy (non-hydrogen) atoms. The molecule has 0 spiro atoms. The summed E-state index contributed by atoms with van der Waals surface area (Å²) in [5, 5.41) is 0. The van der Waals surface area contributed by atoms with Gasteiger partial charge in [-0.3, -0.25) is 4.79 Å². The first kappa shape index (κ1) is 24.1. The van der Waals surface area contributed by atoms with Crippen LogP contribution in [0, 0.1) is 33.0 Å². The van der Waals surface area contributed by atoms with Crippen LogP contribution in [-0.2, 0) is 14.3 Å². The van der Waals surface area contributed by atoms with E-state index in [0.29, 0.717) is 6.42 Å². The van der Waals surface area contributed by atoms with Crippen molar-refractivity contribution in [1.29, 1.82) is 0 Å². The SMILES string of the molecule is COC(=O)C(CC(C)(C)C(C)(C)C(C)(C=O)CC(C)(C)C)C(C)(C)C. The lowest BCUT2D eigenvalue weighted by Crippen LogP contribution is -2.50. The second kappa shape index (κ2) is 7.40. The van der Waals surface area contributed by atoms with Gasteiger partial charge >= 0.3 is 5.97 Å². The highest BCUT2D eigenvalue weighted by molar-refractivity contribution is 5.73. The van der Waals surface area contributed by atoms with E-state index in [1.54, 1.807) is 0 Å². The van der Waals surface area contributed by atoms with Crippen molar-refractivity contribution >= 4 is 12.3 Å². The van der Waals surface area contributed by atoms with Crippen molar-refractivity contribution < 1.29 is 14.3 Å². The number of rotatable bonds is 7. The Hall–Kier alpha value is -0.860. The zero-order valence-electron chi connectivity index (χ0n) is 18.8. The van der Waals surface area contributed by atoms with Crippen LogP contribution >= 0.6 is 0 Å². The van der Waals surface area contributed by atoms with E-state index in [1.807, 2.05) is 0 Å². The minimum absolute atomic E-state index is 0.0504. The minimum atomic E-state index is -0.479. The van der Waals surface area contributed by atoms with Gasteiger partial charge in [-0.25, -0.2) is 0 Å². The fraction of sp³-hybridized carbons (Fsp3) is 0.909. The highest BCUT2D eigenvalue weighted by atomic mass is 16.5. The van der Waals surface area contributed by atoms with Gasteiger partial charge in [0.2, 0.25) is 0 Å². The summed E-state index contributed by atoms with van der Waals surface area (Å²) in [6.07, 6.45) is 2.62. The standard InChI is InChI=1S/C22H42O3/c1-18(2,3)14-22(11,15-23)21(9,10)20(7,8)13-16(17(24)25-12)19(4,5)6/h15-16H,13-14H2,1-12H3. The van der Waals surface area contributed by atoms with E-state index in [-0.39, 0.29) is 33.5 Å². The maximum absolute atomic E-state index is 12.4. The lowest BCUT2D eigenvalue weighted by Gasteiger charge is -2.54. The lowest BCUT2D eigenvalue weighted by molar-refractivity contribution is -0.154. The Morgan fingerprint density at radius 2 is 1.36 bits per heavy atom. The summed E-state index contributed by atoms with van der Waals surface area (Å²) in [6, 6.07) is 0. The van der Waals surface area contributed by atoms with E-state index in [1.165, 1.54) is 7.11 Å². The molecule has 148 valence electrons. The van der Waals surface area contributed by atoms with Crippen LogP contribution in [0.5, 0.6) is 0 Å². The minimum Gasteiger partial charge on any atom is -0.469 e. The zero-order valence-corrected chi connectivity index (χ0v) is 18.8. The molecule has 0 aliphatic rings. The van der Waals surface area contributed by atoms with Crippen LogP contribution < -0.4 is 0 Å². The molecule has 2 atom stereocenters. The van der Waals surface area contributed by atoms with Gasteiger partial charge < -0.3 is 9.53 Å². The molecule has 0 radical (unpaired) electrons. The van der Waals surface area contributed by atoms with Gasteiger partial charge in [0.25, 0.3) is 0 Å². The first-order chi connectivity index (χ1) is 10.8. The molecule has 0 aliphatic carbocycles. The largest absolute Gasteiger partial charge is 0.469 e. The van der Waals surface area contributed by atoms with Crippen molar-refractivity contribution in [3.05, 3.63) is 0 Å². The van der Waals surface area contributed by atoms with Crippen LogP contribution in [0.4, 0.5) is 0 Å². The first-order valence-corrected chi connectivity index (χ1v) is 9.39. The molecule has 0 saturated heterocycles. The molecular formula is C22H42O3. The fourth-order valence-corrected chi connectivity index (χ4v) is 3.94. The van der Waals surface area contributed by atoms with Crippen molar-refractivity contribution in [3.63, 3.8) is 0 Å². The van der Waals surface area contributed by atoms with Crippen molar-refractivity contribution in [2.24, 2.45) is 33.0 Å². The molecular weight excluding hydrogens is 312 g/mol. The van der Waals surface area contributed by atoms with E-state index in [0.717, 1.165) is 12.7 Å². The van der Waals surface area contributed by atoms with Crippen LogP contribution in [0.15, 0.2) is 0 Å². The van der Waals surface area contributed by atoms with Gasteiger partial charge in [-0.15, -0.1) is 0 Å². The lowest BCUT2D eigenvalue weighted by atomic mass is 9.49. The summed E-state index contributed by atoms with van der Waals surface area (Å²) in [6.45, 7) is 23.5. The van der Waals surface area contributed by atoms with Gasteiger partial charge in [0, 0.05) is 5.41 Å². The van der Waals surface area contributed by atoms with Gasteiger partial charge in [0.1, 0.15) is 6.29 Å². The van der Waals surface area contributed by atoms with Crippen LogP contribution in [0.25, 0.3) is 0 Å². The van der Waals surface area contributed by atoms with Crippen molar-refractivity contribution in [2.75, 3.05) is 7.11 Å². The van der Waals surface area contributed by atoms with Crippen LogP contribution in [0.3, 0.4) is 0 Å². The van der Waals surface area contributed by atoms with Gasteiger partial charge in [-0.2, -0.15) is 0 Å². The van der Waals surface area contributed by atoms with Crippen molar-refractivity contribution in [3.8, 4) is 0 Å². The summed E-state index contributed by atoms with van der Waals surface area (Å²) in [7, 11) is 1.45. The number of hydrogen-bond acceptors (Lipinski definition) is 3. The number of carbonyl (C=O) groups excluding carboxylic acids is 2. The van der Waals surface area contributed by atoms with E-state index >= 15 is 0 Å². The Labute approximate surface area is 156 Å². The predicted octanol–water partition coefficient (Wildman–Crippen LogP) is 5.91. The van der Waals surface area contributed by atoms with E-state index < -0.39 is 5.41 Å². The highest BCUT2D eigenvalue weighted by Gasteiger charge is 2.53. The Morgan fingerprint density at radius 3 is 1.64 bits per heavy atom. The number of aldehydes is 1. The second-order valence-corrected chi connectivity index (χ2v) is 11.4. The molecule has 0 aromatic heterocycles. The molecule has 0 aliphatic heterocycles. The van der Waals surface area contributed by atoms with E-state index in [2.05, 4.69) is 76.2 Å². The molecule has 0 amide bonds. The average molecular weight is 355 g/mol. The molecule has 0 aromatic carbocycles. The normalized spacial score (nSPS) is 17.6. The third kappa shape index (κ3) is 5.56. The molecule has 0 rings (SSSR count). The topological polar surface area (TPSA) is 43.4 Å². The number of carbonyl (C=O) groups is 2. The Balaban J connectivity index is 5.93. The molecule has 3 nitrogen and oxygen atoms in total.